The molecule has 0 atom stereocenters. The molecular formula is C22H22N10O4. The lowest BCUT2D eigenvalue weighted by atomic mass is 10.1. The van der Waals surface area contributed by atoms with E-state index in [9.17, 15) is 19.2 Å². The second-order valence-electron chi connectivity index (χ2n) is 7.13. The number of nitrogens with two attached hydrogens (primary N) is 1. The normalized spacial score (nSPS) is 9.94. The Morgan fingerprint density at radius 2 is 1.47 bits per heavy atom. The van der Waals surface area contributed by atoms with Crippen LogP contribution >= 0.6 is 0 Å². The molecule has 14 heteroatoms. The third-order valence-corrected chi connectivity index (χ3v) is 4.49. The van der Waals surface area contributed by atoms with Gasteiger partial charge in [-0.2, -0.15) is 10.2 Å². The summed E-state index contributed by atoms with van der Waals surface area (Å²) in [6.45, 7) is 1.80. The van der Waals surface area contributed by atoms with Gasteiger partial charge in [0.1, 0.15) is 11.6 Å². The van der Waals surface area contributed by atoms with Crippen LogP contribution in [0.2, 0.25) is 0 Å². The van der Waals surface area contributed by atoms with Crippen LogP contribution in [0.25, 0.3) is 22.5 Å². The predicted molar refractivity (Wildman–Crippen MR) is 132 cm³/mol. The maximum Gasteiger partial charge on any atom is 0.320 e. The van der Waals surface area contributed by atoms with Gasteiger partial charge >= 0.3 is 12.1 Å². The minimum absolute atomic E-state index is 0.243. The van der Waals surface area contributed by atoms with E-state index in [1.54, 1.807) is 43.5 Å². The lowest BCUT2D eigenvalue weighted by molar-refractivity contribution is 0.253. The van der Waals surface area contributed by atoms with Gasteiger partial charge in [0.25, 0.3) is 11.1 Å². The zero-order valence-corrected chi connectivity index (χ0v) is 19.2. The molecular weight excluding hydrogens is 468 g/mol. The Hall–Kier alpha value is -5.40. The van der Waals surface area contributed by atoms with Gasteiger partial charge in [0.05, 0.1) is 11.4 Å². The van der Waals surface area contributed by atoms with Gasteiger partial charge in [0.2, 0.25) is 0 Å². The monoisotopic (exact) mass is 490 g/mol. The zero-order valence-electron chi connectivity index (χ0n) is 19.2. The molecule has 0 radical (unpaired) electrons. The number of pyridine rings is 2. The van der Waals surface area contributed by atoms with Crippen LogP contribution in [0.15, 0.2) is 64.4 Å². The lowest BCUT2D eigenvalue weighted by Gasteiger charge is -2.06. The number of amides is 4. The number of aryl methyl sites for hydroxylation is 1. The number of nitrogens with one attached hydrogen (secondary N) is 5. The predicted octanol–water partition coefficient (Wildman–Crippen LogP) is 1.21. The van der Waals surface area contributed by atoms with Crippen molar-refractivity contribution in [2.24, 2.45) is 5.73 Å². The molecule has 14 nitrogen and oxygen atoms in total. The van der Waals surface area contributed by atoms with Crippen LogP contribution in [-0.2, 0) is 0 Å². The maximum absolute atomic E-state index is 11.1. The molecule has 0 unspecified atom stereocenters. The van der Waals surface area contributed by atoms with Crippen molar-refractivity contribution >= 4 is 23.7 Å². The molecule has 7 N–H and O–H groups in total. The summed E-state index contributed by atoms with van der Waals surface area (Å²) < 4.78 is 0. The Kier molecular flexibility index (Phi) is 8.16. The first-order valence-corrected chi connectivity index (χ1v) is 10.3. The highest BCUT2D eigenvalue weighted by atomic mass is 16.2. The van der Waals surface area contributed by atoms with Crippen LogP contribution in [0.5, 0.6) is 0 Å². The third-order valence-electron chi connectivity index (χ3n) is 4.49. The number of nitrogens with zero attached hydrogens (tertiary/aromatic N) is 4. The number of urea groups is 2. The number of hydrogen-bond donors (Lipinski definition) is 6. The van der Waals surface area contributed by atoms with Crippen molar-refractivity contribution in [3.63, 3.8) is 0 Å². The van der Waals surface area contributed by atoms with Gasteiger partial charge in [-0.25, -0.2) is 29.8 Å². The summed E-state index contributed by atoms with van der Waals surface area (Å²) in [6, 6.07) is 10.1. The van der Waals surface area contributed by atoms with Crippen LogP contribution < -0.4 is 32.8 Å². The smallest absolute Gasteiger partial charge is 0.320 e. The molecule has 0 saturated carbocycles. The molecule has 36 heavy (non-hydrogen) atoms. The van der Waals surface area contributed by atoms with Crippen molar-refractivity contribution < 1.29 is 9.59 Å². The second kappa shape index (κ2) is 11.6. The van der Waals surface area contributed by atoms with E-state index >= 15 is 0 Å². The summed E-state index contributed by atoms with van der Waals surface area (Å²) in [5, 5.41) is 19.9. The fraction of sp³-hybridized carbons (Fsp3) is 0.0909. The first-order chi connectivity index (χ1) is 17.2. The number of rotatable bonds is 4. The minimum atomic E-state index is -0.674. The second-order valence-corrected chi connectivity index (χ2v) is 7.13. The summed E-state index contributed by atoms with van der Waals surface area (Å²) >= 11 is 0. The molecule has 184 valence electrons. The van der Waals surface area contributed by atoms with E-state index in [2.05, 4.69) is 46.3 Å². The van der Waals surface area contributed by atoms with Crippen molar-refractivity contribution in [2.75, 3.05) is 17.7 Å². The maximum atomic E-state index is 11.1. The topological polar surface area (TPSA) is 214 Å². The van der Waals surface area contributed by atoms with Gasteiger partial charge in [-0.1, -0.05) is 0 Å². The summed E-state index contributed by atoms with van der Waals surface area (Å²) in [6.07, 6.45) is 3.10. The van der Waals surface area contributed by atoms with Crippen molar-refractivity contribution in [1.29, 1.82) is 0 Å². The molecule has 0 bridgehead atoms. The molecule has 4 heterocycles. The number of aromatic nitrogens is 6. The fourth-order valence-electron chi connectivity index (χ4n) is 2.83. The SMILES string of the molecule is CNC(=O)Nc1ccc(-c2n[nH]c(=O)cc2C)cn1.NC(=O)Nc1ccc(-c2ccc(=O)[nH]n2)cn1. The lowest BCUT2D eigenvalue weighted by Crippen LogP contribution is -2.24. The van der Waals surface area contributed by atoms with E-state index in [1.165, 1.54) is 25.4 Å². The molecule has 0 aromatic carbocycles. The molecule has 4 aromatic rings. The Balaban J connectivity index is 0.000000202. The first kappa shape index (κ1) is 25.2. The molecule has 4 aromatic heterocycles. The molecule has 0 aliphatic rings. The van der Waals surface area contributed by atoms with Gasteiger partial charge < -0.3 is 11.1 Å². The van der Waals surface area contributed by atoms with Crippen molar-refractivity contribution in [1.82, 2.24) is 35.7 Å². The van der Waals surface area contributed by atoms with E-state index < -0.39 is 6.03 Å². The Morgan fingerprint density at radius 1 is 0.833 bits per heavy atom. The Labute approximate surface area is 203 Å². The average molecular weight is 490 g/mol. The molecule has 0 saturated heterocycles. The molecule has 4 amide bonds. The minimum Gasteiger partial charge on any atom is -0.351 e. The number of anilines is 2. The quantitative estimate of drug-likeness (QED) is 0.244. The number of aromatic amines is 2. The number of carbonyl (C=O) groups excluding carboxylic acids is 2. The van der Waals surface area contributed by atoms with E-state index in [0.29, 0.717) is 23.0 Å². The van der Waals surface area contributed by atoms with Crippen molar-refractivity contribution in [2.45, 2.75) is 6.92 Å². The van der Waals surface area contributed by atoms with Gasteiger partial charge in [-0.3, -0.25) is 20.2 Å². The molecule has 0 fully saturated rings. The summed E-state index contributed by atoms with van der Waals surface area (Å²) in [4.78, 5) is 51.7. The molecule has 0 aliphatic carbocycles. The summed E-state index contributed by atoms with van der Waals surface area (Å²) in [7, 11) is 1.53. The van der Waals surface area contributed by atoms with Crippen LogP contribution in [0.3, 0.4) is 0 Å². The Bertz CT molecular complexity index is 1440. The third kappa shape index (κ3) is 7.05. The van der Waals surface area contributed by atoms with Crippen molar-refractivity contribution in [3.8, 4) is 22.5 Å². The number of primary amides is 1. The Morgan fingerprint density at radius 3 is 2.00 bits per heavy atom. The van der Waals surface area contributed by atoms with Crippen LogP contribution in [0, 0.1) is 6.92 Å². The van der Waals surface area contributed by atoms with Crippen LogP contribution in [0.4, 0.5) is 21.2 Å². The summed E-state index contributed by atoms with van der Waals surface area (Å²) in [5.74, 6) is 0.788. The fourth-order valence-corrected chi connectivity index (χ4v) is 2.83. The number of carbonyl (C=O) groups is 2. The highest BCUT2D eigenvalue weighted by molar-refractivity contribution is 5.88. The highest BCUT2D eigenvalue weighted by Gasteiger charge is 2.06. The average Bonchev–Trinajstić information content (AvgIpc) is 2.86. The van der Waals surface area contributed by atoms with Crippen molar-refractivity contribution in [3.05, 3.63) is 81.1 Å². The van der Waals surface area contributed by atoms with Gasteiger partial charge in [0, 0.05) is 42.7 Å². The van der Waals surface area contributed by atoms with E-state index in [-0.39, 0.29) is 17.1 Å². The van der Waals surface area contributed by atoms with Gasteiger partial charge in [-0.15, -0.1) is 0 Å². The van der Waals surface area contributed by atoms with E-state index in [1.807, 2.05) is 0 Å². The van der Waals surface area contributed by atoms with E-state index in [0.717, 1.165) is 16.7 Å². The molecule has 4 rings (SSSR count). The number of H-pyrrole nitrogens is 2. The highest BCUT2D eigenvalue weighted by Crippen LogP contribution is 2.19. The first-order valence-electron chi connectivity index (χ1n) is 10.3. The largest absolute Gasteiger partial charge is 0.351 e. The standard InChI is InChI=1S/C12H13N5O2.C10H9N5O2/c1-7-5-10(18)16-17-11(7)8-3-4-9(14-6-8)15-12(19)13-2;11-10(17)13-8-3-1-6(5-12-8)7-2-4-9(16)15-14-7/h3-6H,1-2H3,(H,16,18)(H2,13,14,15,19);1-5H,(H,15,16)(H3,11,12,13,17). The van der Waals surface area contributed by atoms with Crippen LogP contribution in [0.1, 0.15) is 5.56 Å². The van der Waals surface area contributed by atoms with E-state index in [4.69, 9.17) is 5.73 Å². The van der Waals surface area contributed by atoms with Gasteiger partial charge in [-0.05, 0) is 42.8 Å². The molecule has 0 spiro atoms. The van der Waals surface area contributed by atoms with Crippen LogP contribution in [-0.4, -0.2) is 49.5 Å². The summed E-state index contributed by atoms with van der Waals surface area (Å²) in [5.41, 5.74) is 7.91. The zero-order chi connectivity index (χ0) is 26.1. The number of hydrogen-bond acceptors (Lipinski definition) is 8. The molecule has 0 aliphatic heterocycles. The van der Waals surface area contributed by atoms with Gasteiger partial charge in [0.15, 0.2) is 0 Å².